The van der Waals surface area contributed by atoms with Gasteiger partial charge in [0.2, 0.25) is 5.91 Å². The van der Waals surface area contributed by atoms with E-state index in [-0.39, 0.29) is 17.9 Å². The molecule has 2 N–H and O–H groups in total. The first-order chi connectivity index (χ1) is 11.9. The van der Waals surface area contributed by atoms with Crippen LogP contribution in [0.1, 0.15) is 38.7 Å². The zero-order valence-electron chi connectivity index (χ0n) is 15.6. The molecule has 1 aromatic rings. The summed E-state index contributed by atoms with van der Waals surface area (Å²) in [5.74, 6) is 0.708. The molecule has 1 fully saturated rings. The van der Waals surface area contributed by atoms with Gasteiger partial charge in [-0.3, -0.25) is 4.79 Å². The number of aliphatic imine (C=N–C) groups is 1. The van der Waals surface area contributed by atoms with Gasteiger partial charge in [0, 0.05) is 36.6 Å². The Morgan fingerprint density at radius 1 is 1.36 bits per heavy atom. The number of benzene rings is 1. The van der Waals surface area contributed by atoms with Gasteiger partial charge in [-0.05, 0) is 37.8 Å². The van der Waals surface area contributed by atoms with Crippen molar-refractivity contribution in [2.45, 2.75) is 44.6 Å². The molecule has 25 heavy (non-hydrogen) atoms. The van der Waals surface area contributed by atoms with E-state index >= 15 is 0 Å². The fourth-order valence-electron chi connectivity index (χ4n) is 2.61. The zero-order chi connectivity index (χ0) is 18.4. The van der Waals surface area contributed by atoms with E-state index in [2.05, 4.69) is 63.6 Å². The van der Waals surface area contributed by atoms with Crippen molar-refractivity contribution in [1.82, 2.24) is 15.5 Å². The molecular weight excluding hydrogens is 380 g/mol. The Balaban J connectivity index is 2.05. The van der Waals surface area contributed by atoms with Crippen molar-refractivity contribution in [3.8, 4) is 0 Å². The predicted molar refractivity (Wildman–Crippen MR) is 107 cm³/mol. The number of carbonyl (C=O) groups excluding carboxylic acids is 1. The number of nitrogens with zero attached hydrogens (tertiary/aromatic N) is 2. The second kappa shape index (κ2) is 8.70. The summed E-state index contributed by atoms with van der Waals surface area (Å²) in [5.41, 5.74) is 1.50. The standard InChI is InChI=1S/C19H29BrN4O/c1-5-14(2)23-18(21-12-17(25)24(3)4)22-13-19(10-11-19)15-8-6-7-9-16(15)20/h6-9,14H,5,10-13H2,1-4H3,(H2,21,22,23). The molecule has 1 aromatic carbocycles. The van der Waals surface area contributed by atoms with Crippen LogP contribution >= 0.6 is 15.9 Å². The van der Waals surface area contributed by atoms with E-state index in [1.165, 1.54) is 5.56 Å². The van der Waals surface area contributed by atoms with Crippen molar-refractivity contribution in [1.29, 1.82) is 0 Å². The van der Waals surface area contributed by atoms with Crippen molar-refractivity contribution < 1.29 is 4.79 Å². The number of likely N-dealkylation sites (N-methyl/N-ethyl adjacent to an activating group) is 1. The van der Waals surface area contributed by atoms with E-state index < -0.39 is 0 Å². The molecule has 1 unspecified atom stereocenters. The molecule has 0 spiro atoms. The highest BCUT2D eigenvalue weighted by Crippen LogP contribution is 2.49. The van der Waals surface area contributed by atoms with Gasteiger partial charge < -0.3 is 15.5 Å². The highest BCUT2D eigenvalue weighted by Gasteiger charge is 2.45. The van der Waals surface area contributed by atoms with E-state index in [4.69, 9.17) is 0 Å². The van der Waals surface area contributed by atoms with Crippen LogP contribution in [-0.2, 0) is 10.2 Å². The van der Waals surface area contributed by atoms with E-state index in [0.29, 0.717) is 12.0 Å². The van der Waals surface area contributed by atoms with Crippen LogP contribution in [0.3, 0.4) is 0 Å². The van der Waals surface area contributed by atoms with Crippen LogP contribution in [0, 0.1) is 0 Å². The van der Waals surface area contributed by atoms with E-state index in [1.54, 1.807) is 19.0 Å². The molecule has 0 heterocycles. The quantitative estimate of drug-likeness (QED) is 0.538. The minimum absolute atomic E-state index is 0.00260. The van der Waals surface area contributed by atoms with Gasteiger partial charge in [-0.2, -0.15) is 0 Å². The summed E-state index contributed by atoms with van der Waals surface area (Å²) in [6.45, 7) is 5.21. The highest BCUT2D eigenvalue weighted by atomic mass is 79.9. The average molecular weight is 409 g/mol. The number of guanidine groups is 1. The largest absolute Gasteiger partial charge is 0.355 e. The number of halogens is 1. The summed E-state index contributed by atoms with van der Waals surface area (Å²) >= 11 is 3.67. The first-order valence-corrected chi connectivity index (χ1v) is 9.67. The summed E-state index contributed by atoms with van der Waals surface area (Å²) in [6, 6.07) is 8.72. The fourth-order valence-corrected chi connectivity index (χ4v) is 3.32. The van der Waals surface area contributed by atoms with Crippen LogP contribution in [0.15, 0.2) is 33.7 Å². The van der Waals surface area contributed by atoms with Crippen LogP contribution in [0.5, 0.6) is 0 Å². The Bertz CT molecular complexity index is 626. The fraction of sp³-hybridized carbons (Fsp3) is 0.579. The Labute approximate surface area is 159 Å². The Morgan fingerprint density at radius 3 is 2.60 bits per heavy atom. The molecule has 138 valence electrons. The lowest BCUT2D eigenvalue weighted by atomic mass is 9.96. The Morgan fingerprint density at radius 2 is 2.04 bits per heavy atom. The normalized spacial score (nSPS) is 16.9. The maximum absolute atomic E-state index is 11.8. The van der Waals surface area contributed by atoms with Crippen LogP contribution in [0.2, 0.25) is 0 Å². The van der Waals surface area contributed by atoms with E-state index in [0.717, 1.165) is 30.3 Å². The van der Waals surface area contributed by atoms with E-state index in [9.17, 15) is 4.79 Å². The molecule has 0 aromatic heterocycles. The first-order valence-electron chi connectivity index (χ1n) is 8.88. The number of hydrogen-bond acceptors (Lipinski definition) is 2. The minimum Gasteiger partial charge on any atom is -0.355 e. The van der Waals surface area contributed by atoms with Crippen molar-refractivity contribution in [3.05, 3.63) is 34.3 Å². The second-order valence-electron chi connectivity index (χ2n) is 7.02. The molecule has 1 amide bonds. The molecule has 0 radical (unpaired) electrons. The molecule has 1 aliphatic carbocycles. The van der Waals surface area contributed by atoms with Crippen molar-refractivity contribution >= 4 is 27.8 Å². The van der Waals surface area contributed by atoms with E-state index in [1.807, 2.05) is 6.07 Å². The monoisotopic (exact) mass is 408 g/mol. The summed E-state index contributed by atoms with van der Waals surface area (Å²) in [4.78, 5) is 17.9. The van der Waals surface area contributed by atoms with Crippen molar-refractivity contribution in [2.24, 2.45) is 4.99 Å². The summed E-state index contributed by atoms with van der Waals surface area (Å²) in [5, 5.41) is 6.84. The second-order valence-corrected chi connectivity index (χ2v) is 7.87. The number of carbonyl (C=O) groups is 1. The predicted octanol–water partition coefficient (Wildman–Crippen LogP) is 2.90. The number of amides is 1. The molecule has 1 saturated carbocycles. The molecule has 0 saturated heterocycles. The van der Waals surface area contributed by atoms with Gasteiger partial charge in [-0.15, -0.1) is 0 Å². The number of rotatable bonds is 7. The van der Waals surface area contributed by atoms with Gasteiger partial charge in [0.25, 0.3) is 0 Å². The van der Waals surface area contributed by atoms with Gasteiger partial charge in [0.05, 0.1) is 0 Å². The molecule has 2 rings (SSSR count). The summed E-state index contributed by atoms with van der Waals surface area (Å²) in [7, 11) is 3.50. The molecule has 1 atom stereocenters. The number of hydrogen-bond donors (Lipinski definition) is 2. The lowest BCUT2D eigenvalue weighted by Crippen LogP contribution is -2.45. The Hall–Kier alpha value is -1.56. The van der Waals surface area contributed by atoms with Gasteiger partial charge in [0.1, 0.15) is 6.54 Å². The third-order valence-corrected chi connectivity index (χ3v) is 5.45. The smallest absolute Gasteiger partial charge is 0.243 e. The third kappa shape index (κ3) is 5.46. The summed E-state index contributed by atoms with van der Waals surface area (Å²) in [6.07, 6.45) is 3.32. The number of nitrogens with one attached hydrogen (secondary N) is 2. The molecule has 0 aliphatic heterocycles. The van der Waals surface area contributed by atoms with Crippen LogP contribution in [-0.4, -0.2) is 50.0 Å². The topological polar surface area (TPSA) is 56.7 Å². The van der Waals surface area contributed by atoms with Crippen molar-refractivity contribution in [3.63, 3.8) is 0 Å². The molecule has 1 aliphatic rings. The zero-order valence-corrected chi connectivity index (χ0v) is 17.2. The van der Waals surface area contributed by atoms with Crippen LogP contribution < -0.4 is 10.6 Å². The van der Waals surface area contributed by atoms with Gasteiger partial charge in [-0.25, -0.2) is 4.99 Å². The van der Waals surface area contributed by atoms with Crippen molar-refractivity contribution in [2.75, 3.05) is 27.2 Å². The van der Waals surface area contributed by atoms with Gasteiger partial charge in [0.15, 0.2) is 5.96 Å². The van der Waals surface area contributed by atoms with Crippen LogP contribution in [0.4, 0.5) is 0 Å². The molecule has 0 bridgehead atoms. The van der Waals surface area contributed by atoms with Gasteiger partial charge >= 0.3 is 0 Å². The lowest BCUT2D eigenvalue weighted by molar-refractivity contribution is -0.127. The first kappa shape index (κ1) is 19.8. The Kier molecular flexibility index (Phi) is 6.87. The molecular formula is C19H29BrN4O. The lowest BCUT2D eigenvalue weighted by Gasteiger charge is -2.22. The molecule has 6 heteroatoms. The maximum Gasteiger partial charge on any atom is 0.243 e. The highest BCUT2D eigenvalue weighted by molar-refractivity contribution is 9.10. The third-order valence-electron chi connectivity index (χ3n) is 4.76. The van der Waals surface area contributed by atoms with Crippen LogP contribution in [0.25, 0.3) is 0 Å². The minimum atomic E-state index is -0.00260. The SMILES string of the molecule is CCC(C)NC(=NCC(=O)N(C)C)NCC1(c2ccccc2Br)CC1. The summed E-state index contributed by atoms with van der Waals surface area (Å²) < 4.78 is 1.16. The average Bonchev–Trinajstić information content (AvgIpc) is 3.38. The maximum atomic E-state index is 11.8. The molecule has 5 nitrogen and oxygen atoms in total. The van der Waals surface area contributed by atoms with Gasteiger partial charge in [-0.1, -0.05) is 41.1 Å².